The van der Waals surface area contributed by atoms with Crippen molar-refractivity contribution in [3.63, 3.8) is 0 Å². The molecule has 2 heterocycles. The number of nitrogens with zero attached hydrogens (tertiary/aromatic N) is 1. The molecule has 1 atom stereocenters. The van der Waals surface area contributed by atoms with Crippen LogP contribution in [-0.4, -0.2) is 29.2 Å². The van der Waals surface area contributed by atoms with Gasteiger partial charge in [-0.3, -0.25) is 14.5 Å². The van der Waals surface area contributed by atoms with Crippen molar-refractivity contribution in [3.05, 3.63) is 56.2 Å². The maximum absolute atomic E-state index is 12.8. The fourth-order valence-corrected chi connectivity index (χ4v) is 3.83. The molecule has 0 unspecified atom stereocenters. The Bertz CT molecular complexity index is 838. The Morgan fingerprint density at radius 1 is 1.29 bits per heavy atom. The minimum Gasteiger partial charge on any atom is -0.319 e. The first-order valence-corrected chi connectivity index (χ1v) is 8.63. The van der Waals surface area contributed by atoms with Crippen LogP contribution in [0.5, 0.6) is 0 Å². The molecule has 124 valence electrons. The Morgan fingerprint density at radius 2 is 2.04 bits per heavy atom. The summed E-state index contributed by atoms with van der Waals surface area (Å²) in [6.07, 6.45) is 0. The molecule has 3 amide bonds. The molecule has 1 aliphatic heterocycles. The number of benzene rings is 1. The quantitative estimate of drug-likeness (QED) is 0.647. The predicted molar refractivity (Wildman–Crippen MR) is 92.7 cm³/mol. The minimum absolute atomic E-state index is 0.269. The van der Waals surface area contributed by atoms with Gasteiger partial charge in [-0.25, -0.2) is 4.79 Å². The highest BCUT2D eigenvalue weighted by Crippen LogP contribution is 2.35. The van der Waals surface area contributed by atoms with Gasteiger partial charge in [0.1, 0.15) is 5.54 Å². The lowest BCUT2D eigenvalue weighted by molar-refractivity contribution is -0.130. The van der Waals surface area contributed by atoms with Gasteiger partial charge in [-0.1, -0.05) is 35.3 Å². The summed E-state index contributed by atoms with van der Waals surface area (Å²) in [4.78, 5) is 38.6. The molecule has 1 aromatic carbocycles. The molecule has 0 aliphatic carbocycles. The fourth-order valence-electron chi connectivity index (χ4n) is 2.58. The van der Waals surface area contributed by atoms with Gasteiger partial charge in [0.15, 0.2) is 5.78 Å². The lowest BCUT2D eigenvalue weighted by atomic mass is 9.92. The van der Waals surface area contributed by atoms with Gasteiger partial charge < -0.3 is 5.32 Å². The third kappa shape index (κ3) is 2.81. The van der Waals surface area contributed by atoms with E-state index in [1.165, 1.54) is 17.4 Å². The van der Waals surface area contributed by atoms with Gasteiger partial charge in [0.2, 0.25) is 0 Å². The Balaban J connectivity index is 1.89. The molecule has 1 fully saturated rings. The SMILES string of the molecule is C[C@]1(c2ccc(Cl)cc2Cl)NC(=O)N(CC(=O)c2cccs2)C1=O. The van der Waals surface area contributed by atoms with Gasteiger partial charge in [0.05, 0.1) is 11.4 Å². The van der Waals surface area contributed by atoms with Crippen molar-refractivity contribution >= 4 is 52.3 Å². The lowest BCUT2D eigenvalue weighted by Gasteiger charge is -2.23. The number of urea groups is 1. The molecular formula is C16H12Cl2N2O3S. The topological polar surface area (TPSA) is 66.5 Å². The monoisotopic (exact) mass is 382 g/mol. The first-order valence-electron chi connectivity index (χ1n) is 6.99. The number of rotatable bonds is 4. The van der Waals surface area contributed by atoms with E-state index in [2.05, 4.69) is 5.32 Å². The zero-order valence-electron chi connectivity index (χ0n) is 12.5. The van der Waals surface area contributed by atoms with E-state index in [4.69, 9.17) is 23.2 Å². The second-order valence-electron chi connectivity index (χ2n) is 5.47. The van der Waals surface area contributed by atoms with Crippen molar-refractivity contribution in [2.75, 3.05) is 6.54 Å². The van der Waals surface area contributed by atoms with Gasteiger partial charge >= 0.3 is 6.03 Å². The molecule has 0 bridgehead atoms. The van der Waals surface area contributed by atoms with E-state index >= 15 is 0 Å². The van der Waals surface area contributed by atoms with Crippen LogP contribution >= 0.6 is 34.5 Å². The van der Waals surface area contributed by atoms with E-state index in [9.17, 15) is 14.4 Å². The van der Waals surface area contributed by atoms with E-state index in [1.807, 2.05) is 0 Å². The van der Waals surface area contributed by atoms with E-state index < -0.39 is 17.5 Å². The van der Waals surface area contributed by atoms with Crippen LogP contribution in [-0.2, 0) is 10.3 Å². The molecule has 1 saturated heterocycles. The second-order valence-corrected chi connectivity index (χ2v) is 7.26. The van der Waals surface area contributed by atoms with Crippen LogP contribution in [0, 0.1) is 0 Å². The smallest absolute Gasteiger partial charge is 0.319 e. The summed E-state index contributed by atoms with van der Waals surface area (Å²) in [5.41, 5.74) is -0.910. The number of carbonyl (C=O) groups is 3. The summed E-state index contributed by atoms with van der Waals surface area (Å²) in [5, 5.41) is 5.07. The molecule has 0 saturated carbocycles. The first-order chi connectivity index (χ1) is 11.3. The number of imide groups is 1. The van der Waals surface area contributed by atoms with E-state index in [1.54, 1.807) is 36.6 Å². The van der Waals surface area contributed by atoms with Crippen LogP contribution in [0.3, 0.4) is 0 Å². The maximum atomic E-state index is 12.8. The zero-order chi connectivity index (χ0) is 17.5. The van der Waals surface area contributed by atoms with Crippen molar-refractivity contribution in [1.82, 2.24) is 10.2 Å². The largest absolute Gasteiger partial charge is 0.325 e. The third-order valence-electron chi connectivity index (χ3n) is 3.84. The highest BCUT2D eigenvalue weighted by Gasteiger charge is 2.50. The highest BCUT2D eigenvalue weighted by atomic mass is 35.5. The Labute approximate surface area is 152 Å². The van der Waals surface area contributed by atoms with Crippen molar-refractivity contribution in [2.24, 2.45) is 0 Å². The van der Waals surface area contributed by atoms with Crippen LogP contribution in [0.25, 0.3) is 0 Å². The fraction of sp³-hybridized carbons (Fsp3) is 0.188. The van der Waals surface area contributed by atoms with Crippen LogP contribution in [0.2, 0.25) is 10.0 Å². The van der Waals surface area contributed by atoms with Crippen molar-refractivity contribution in [2.45, 2.75) is 12.5 Å². The minimum atomic E-state index is -1.34. The summed E-state index contributed by atoms with van der Waals surface area (Å²) in [6, 6.07) is 7.45. The van der Waals surface area contributed by atoms with Crippen LogP contribution in [0.1, 0.15) is 22.2 Å². The van der Waals surface area contributed by atoms with Crippen molar-refractivity contribution < 1.29 is 14.4 Å². The number of Topliss-reactive ketones (excluding diaryl/α,β-unsaturated/α-hetero) is 1. The maximum Gasteiger partial charge on any atom is 0.325 e. The van der Waals surface area contributed by atoms with E-state index in [0.29, 0.717) is 15.5 Å². The highest BCUT2D eigenvalue weighted by molar-refractivity contribution is 7.12. The molecule has 1 aliphatic rings. The summed E-state index contributed by atoms with van der Waals surface area (Å²) in [6.45, 7) is 1.24. The number of halogens is 2. The number of nitrogens with one attached hydrogen (secondary N) is 1. The van der Waals surface area contributed by atoms with Crippen molar-refractivity contribution in [1.29, 1.82) is 0 Å². The number of hydrogen-bond acceptors (Lipinski definition) is 4. The standard InChI is InChI=1S/C16H12Cl2N2O3S/c1-16(10-5-4-9(17)7-11(10)18)14(22)20(15(23)19-16)8-12(21)13-3-2-6-24-13/h2-7H,8H2,1H3,(H,19,23)/t16-/m1/s1. The summed E-state index contributed by atoms with van der Waals surface area (Å²) in [7, 11) is 0. The number of hydrogen-bond donors (Lipinski definition) is 1. The second kappa shape index (κ2) is 6.20. The van der Waals surface area contributed by atoms with Crippen molar-refractivity contribution in [3.8, 4) is 0 Å². The summed E-state index contributed by atoms with van der Waals surface area (Å²) < 4.78 is 0. The van der Waals surface area contributed by atoms with Gasteiger partial charge in [0, 0.05) is 15.6 Å². The lowest BCUT2D eigenvalue weighted by Crippen LogP contribution is -2.41. The van der Waals surface area contributed by atoms with Gasteiger partial charge in [-0.05, 0) is 30.5 Å². The Morgan fingerprint density at radius 3 is 2.67 bits per heavy atom. The summed E-state index contributed by atoms with van der Waals surface area (Å²) in [5.74, 6) is -0.818. The van der Waals surface area contributed by atoms with Gasteiger partial charge in [-0.15, -0.1) is 11.3 Å². The molecule has 24 heavy (non-hydrogen) atoms. The normalized spacial score (nSPS) is 20.4. The molecular weight excluding hydrogens is 371 g/mol. The molecule has 2 aromatic rings. The van der Waals surface area contributed by atoms with Crippen LogP contribution in [0.4, 0.5) is 4.79 Å². The Kier molecular flexibility index (Phi) is 4.38. The molecule has 0 radical (unpaired) electrons. The zero-order valence-corrected chi connectivity index (χ0v) is 14.8. The average molecular weight is 383 g/mol. The van der Waals surface area contributed by atoms with E-state index in [0.717, 1.165) is 4.90 Å². The molecule has 8 heteroatoms. The number of amides is 3. The van der Waals surface area contributed by atoms with Crippen LogP contribution < -0.4 is 5.32 Å². The molecule has 1 N–H and O–H groups in total. The van der Waals surface area contributed by atoms with Gasteiger partial charge in [-0.2, -0.15) is 0 Å². The van der Waals surface area contributed by atoms with E-state index in [-0.39, 0.29) is 17.4 Å². The number of carbonyl (C=O) groups excluding carboxylic acids is 3. The number of thiophene rings is 1. The molecule has 3 rings (SSSR count). The first kappa shape index (κ1) is 17.0. The van der Waals surface area contributed by atoms with Crippen LogP contribution in [0.15, 0.2) is 35.7 Å². The molecule has 0 spiro atoms. The number of ketones is 1. The van der Waals surface area contributed by atoms with Gasteiger partial charge in [0.25, 0.3) is 5.91 Å². The molecule has 1 aromatic heterocycles. The average Bonchev–Trinajstić information content (AvgIpc) is 3.11. The summed E-state index contributed by atoms with van der Waals surface area (Å²) >= 11 is 13.3. The molecule has 5 nitrogen and oxygen atoms in total. The Hall–Kier alpha value is -1.89. The predicted octanol–water partition coefficient (Wildman–Crippen LogP) is 3.70. The third-order valence-corrected chi connectivity index (χ3v) is 5.30.